The lowest BCUT2D eigenvalue weighted by Gasteiger charge is -2.11. The minimum atomic E-state index is -0.819. The second kappa shape index (κ2) is 12.3. The quantitative estimate of drug-likeness (QED) is 0.188. The number of aromatic nitrogens is 2. The van der Waals surface area contributed by atoms with Crippen LogP contribution in [0.2, 0.25) is 0 Å². The zero-order valence-electron chi connectivity index (χ0n) is 15.8. The molecule has 25 heavy (non-hydrogen) atoms. The molecule has 1 rings (SSSR count). The Balaban J connectivity index is 1.98. The molecule has 0 saturated carbocycles. The normalized spacial score (nSPS) is 12.3. The Morgan fingerprint density at radius 3 is 2.52 bits per heavy atom. The molecule has 0 radical (unpaired) electrons. The van der Waals surface area contributed by atoms with Crippen LogP contribution < -0.4 is 5.56 Å². The molecule has 0 aliphatic rings. The lowest BCUT2D eigenvalue weighted by molar-refractivity contribution is -0.0727. The highest BCUT2D eigenvalue weighted by Crippen LogP contribution is 2.16. The van der Waals surface area contributed by atoms with Crippen LogP contribution in [0.3, 0.4) is 0 Å². The third-order valence-corrected chi connectivity index (χ3v) is 5.14. The largest absolute Gasteiger partial charge is 0.364 e. The Bertz CT molecular complexity index is 587. The van der Waals surface area contributed by atoms with Crippen LogP contribution >= 0.6 is 11.8 Å². The van der Waals surface area contributed by atoms with Crippen LogP contribution in [0.1, 0.15) is 57.4 Å². The van der Waals surface area contributed by atoms with E-state index in [1.807, 2.05) is 0 Å². The molecule has 0 saturated heterocycles. The van der Waals surface area contributed by atoms with Crippen molar-refractivity contribution in [3.8, 4) is 0 Å². The van der Waals surface area contributed by atoms with Gasteiger partial charge < -0.3 is 9.84 Å². The highest BCUT2D eigenvalue weighted by atomic mass is 32.2. The third kappa shape index (κ3) is 8.70. The summed E-state index contributed by atoms with van der Waals surface area (Å²) in [7, 11) is 1.78. The van der Waals surface area contributed by atoms with Gasteiger partial charge in [-0.1, -0.05) is 50.4 Å². The van der Waals surface area contributed by atoms with E-state index in [4.69, 9.17) is 4.74 Å². The minimum absolute atomic E-state index is 0.0391. The number of ether oxygens (including phenoxy) is 1. The predicted molar refractivity (Wildman–Crippen MR) is 104 cm³/mol. The van der Waals surface area contributed by atoms with Crippen LogP contribution in [0.15, 0.2) is 28.3 Å². The number of unbranched alkanes of at least 4 members (excludes halogenated alkanes) is 6. The number of aryl methyl sites for hydroxylation is 1. The van der Waals surface area contributed by atoms with Crippen LogP contribution in [0.4, 0.5) is 0 Å². The molecule has 1 aromatic heterocycles. The van der Waals surface area contributed by atoms with Crippen LogP contribution in [0.25, 0.3) is 0 Å². The smallest absolute Gasteiger partial charge is 0.256 e. The van der Waals surface area contributed by atoms with Crippen molar-refractivity contribution in [1.82, 2.24) is 9.55 Å². The summed E-state index contributed by atoms with van der Waals surface area (Å²) in [5, 5.41) is 10.2. The number of hydrogen-bond acceptors (Lipinski definition) is 5. The number of nitrogens with zero attached hydrogens (tertiary/aromatic N) is 2. The van der Waals surface area contributed by atoms with Crippen molar-refractivity contribution in [2.45, 2.75) is 70.2 Å². The van der Waals surface area contributed by atoms with Gasteiger partial charge in [0.15, 0.2) is 11.4 Å². The lowest BCUT2D eigenvalue weighted by atomic mass is 10.1. The first kappa shape index (κ1) is 21.9. The molecule has 0 fully saturated rings. The summed E-state index contributed by atoms with van der Waals surface area (Å²) in [5.74, 6) is 0.996. The lowest BCUT2D eigenvalue weighted by Crippen LogP contribution is -2.21. The van der Waals surface area contributed by atoms with E-state index in [0.29, 0.717) is 17.7 Å². The van der Waals surface area contributed by atoms with Crippen molar-refractivity contribution in [1.29, 1.82) is 0 Å². The molecule has 1 heterocycles. The van der Waals surface area contributed by atoms with Gasteiger partial charge in [0, 0.05) is 24.6 Å². The van der Waals surface area contributed by atoms with Gasteiger partial charge in [-0.05, 0) is 32.3 Å². The number of rotatable bonds is 13. The molecule has 142 valence electrons. The molecule has 0 spiro atoms. The van der Waals surface area contributed by atoms with Gasteiger partial charge >= 0.3 is 0 Å². The zero-order valence-corrected chi connectivity index (χ0v) is 16.6. The highest BCUT2D eigenvalue weighted by molar-refractivity contribution is 7.99. The number of hydrogen-bond donors (Lipinski definition) is 1. The first-order chi connectivity index (χ1) is 11.9. The minimum Gasteiger partial charge on any atom is -0.364 e. The molecule has 1 aromatic rings. The van der Waals surface area contributed by atoms with E-state index in [1.54, 1.807) is 43.4 Å². The van der Waals surface area contributed by atoms with Crippen molar-refractivity contribution >= 4 is 11.8 Å². The Kier molecular flexibility index (Phi) is 10.8. The zero-order chi connectivity index (χ0) is 18.7. The first-order valence-electron chi connectivity index (χ1n) is 9.04. The summed E-state index contributed by atoms with van der Waals surface area (Å²) >= 11 is 1.65. The van der Waals surface area contributed by atoms with Gasteiger partial charge in [0.1, 0.15) is 0 Å². The molecular weight excluding hydrogens is 336 g/mol. The molecule has 1 unspecified atom stereocenters. The van der Waals surface area contributed by atoms with E-state index in [1.165, 1.54) is 25.7 Å². The SMILES string of the molecule is C=C(C)C(O)OCCCCCCCCCSc1ncc(C)c(=O)n1C. The maximum absolute atomic E-state index is 11.8. The van der Waals surface area contributed by atoms with Gasteiger partial charge in [-0.3, -0.25) is 9.36 Å². The van der Waals surface area contributed by atoms with Gasteiger partial charge in [-0.25, -0.2) is 4.98 Å². The standard InChI is InChI=1S/C19H32N2O3S/c1-15(2)18(23)24-12-10-8-6-5-7-9-11-13-25-19-20-14-16(3)17(22)21(19)4/h14,18,23H,1,5-13H2,2-4H3. The van der Waals surface area contributed by atoms with Crippen molar-refractivity contribution in [2.24, 2.45) is 7.05 Å². The summed E-state index contributed by atoms with van der Waals surface area (Å²) in [6, 6.07) is 0. The van der Waals surface area contributed by atoms with Gasteiger partial charge in [0.05, 0.1) is 6.61 Å². The van der Waals surface area contributed by atoms with Crippen LogP contribution in [-0.2, 0) is 11.8 Å². The Morgan fingerprint density at radius 2 is 1.88 bits per heavy atom. The maximum atomic E-state index is 11.8. The topological polar surface area (TPSA) is 64.3 Å². The molecule has 1 atom stereocenters. The molecule has 6 heteroatoms. The average Bonchev–Trinajstić information content (AvgIpc) is 2.59. The summed E-state index contributed by atoms with van der Waals surface area (Å²) in [6.07, 6.45) is 8.96. The molecule has 0 aromatic carbocycles. The maximum Gasteiger partial charge on any atom is 0.256 e. The molecule has 1 N–H and O–H groups in total. The van der Waals surface area contributed by atoms with Gasteiger partial charge in [0.2, 0.25) is 0 Å². The fourth-order valence-corrected chi connectivity index (χ4v) is 3.30. The monoisotopic (exact) mass is 368 g/mol. The van der Waals surface area contributed by atoms with E-state index in [2.05, 4.69) is 11.6 Å². The highest BCUT2D eigenvalue weighted by Gasteiger charge is 2.05. The van der Waals surface area contributed by atoms with Gasteiger partial charge in [-0.2, -0.15) is 0 Å². The van der Waals surface area contributed by atoms with E-state index >= 15 is 0 Å². The van der Waals surface area contributed by atoms with Crippen LogP contribution in [0, 0.1) is 6.92 Å². The van der Waals surface area contributed by atoms with E-state index < -0.39 is 6.29 Å². The molecular formula is C19H32N2O3S. The van der Waals surface area contributed by atoms with Crippen LogP contribution in [0.5, 0.6) is 0 Å². The van der Waals surface area contributed by atoms with Crippen LogP contribution in [-0.4, -0.2) is 33.3 Å². The number of aliphatic hydroxyl groups excluding tert-OH is 1. The fraction of sp³-hybridized carbons (Fsp3) is 0.684. The Labute approximate surface area is 155 Å². The number of thioether (sulfide) groups is 1. The first-order valence-corrected chi connectivity index (χ1v) is 10.0. The molecule has 0 bridgehead atoms. The van der Waals surface area contributed by atoms with Crippen molar-refractivity contribution in [3.05, 3.63) is 34.3 Å². The third-order valence-electron chi connectivity index (χ3n) is 4.01. The Morgan fingerprint density at radius 1 is 1.28 bits per heavy atom. The van der Waals surface area contributed by atoms with Crippen molar-refractivity contribution < 1.29 is 9.84 Å². The summed E-state index contributed by atoms with van der Waals surface area (Å²) in [6.45, 7) is 7.80. The van der Waals surface area contributed by atoms with Crippen molar-refractivity contribution in [3.63, 3.8) is 0 Å². The van der Waals surface area contributed by atoms with Gasteiger partial charge in [0.25, 0.3) is 5.56 Å². The molecule has 0 amide bonds. The molecule has 0 aliphatic heterocycles. The molecule has 5 nitrogen and oxygen atoms in total. The fourth-order valence-electron chi connectivity index (χ4n) is 2.37. The molecule has 0 aliphatic carbocycles. The second-order valence-corrected chi connectivity index (χ2v) is 7.54. The predicted octanol–water partition coefficient (Wildman–Crippen LogP) is 3.82. The van der Waals surface area contributed by atoms with Gasteiger partial charge in [-0.15, -0.1) is 0 Å². The number of aliphatic hydroxyl groups is 1. The average molecular weight is 369 g/mol. The van der Waals surface area contributed by atoms with E-state index in [-0.39, 0.29) is 5.56 Å². The summed E-state index contributed by atoms with van der Waals surface area (Å²) in [4.78, 5) is 16.2. The summed E-state index contributed by atoms with van der Waals surface area (Å²) < 4.78 is 6.89. The van der Waals surface area contributed by atoms with Crippen molar-refractivity contribution in [2.75, 3.05) is 12.4 Å². The second-order valence-electron chi connectivity index (χ2n) is 6.48. The van der Waals surface area contributed by atoms with E-state index in [0.717, 1.165) is 30.2 Å². The summed E-state index contributed by atoms with van der Waals surface area (Å²) in [5.41, 5.74) is 1.38. The van der Waals surface area contributed by atoms with E-state index in [9.17, 15) is 9.90 Å². The Hall–Kier alpha value is -1.11.